The van der Waals surface area contributed by atoms with Crippen LogP contribution < -0.4 is 5.32 Å². The summed E-state index contributed by atoms with van der Waals surface area (Å²) in [5.41, 5.74) is 0.962. The summed E-state index contributed by atoms with van der Waals surface area (Å²) in [6.45, 7) is -0.0390. The molecule has 1 aliphatic rings. The molecular formula is C15H16FNO2S. The van der Waals surface area contributed by atoms with E-state index >= 15 is 0 Å². The monoisotopic (exact) mass is 293 g/mol. The largest absolute Gasteiger partial charge is 0.395 e. The summed E-state index contributed by atoms with van der Waals surface area (Å²) in [5, 5.41) is 11.5. The van der Waals surface area contributed by atoms with Crippen molar-refractivity contribution in [1.29, 1.82) is 0 Å². The first-order valence-corrected chi connectivity index (χ1v) is 7.57. The molecule has 0 radical (unpaired) electrons. The molecule has 1 heterocycles. The van der Waals surface area contributed by atoms with E-state index in [9.17, 15) is 9.18 Å². The molecule has 0 saturated carbocycles. The van der Waals surface area contributed by atoms with Crippen molar-refractivity contribution in [3.8, 4) is 11.8 Å². The summed E-state index contributed by atoms with van der Waals surface area (Å²) in [6, 6.07) is 4.12. The van der Waals surface area contributed by atoms with Gasteiger partial charge in [0.15, 0.2) is 0 Å². The first-order chi connectivity index (χ1) is 9.70. The summed E-state index contributed by atoms with van der Waals surface area (Å²) in [4.78, 5) is 12.1. The van der Waals surface area contributed by atoms with E-state index in [2.05, 4.69) is 17.2 Å². The minimum absolute atomic E-state index is 0.0293. The van der Waals surface area contributed by atoms with Crippen molar-refractivity contribution >= 4 is 23.4 Å². The van der Waals surface area contributed by atoms with Crippen LogP contribution in [0.2, 0.25) is 0 Å². The first kappa shape index (κ1) is 14.9. The lowest BCUT2D eigenvalue weighted by Crippen LogP contribution is -2.23. The number of benzene rings is 1. The van der Waals surface area contributed by atoms with Crippen LogP contribution in [0.4, 0.5) is 10.1 Å². The Labute approximate surface area is 122 Å². The molecule has 1 aliphatic heterocycles. The minimum atomic E-state index is -0.397. The Morgan fingerprint density at radius 2 is 2.40 bits per heavy atom. The van der Waals surface area contributed by atoms with Gasteiger partial charge in [0.2, 0.25) is 5.91 Å². The number of hydrogen-bond acceptors (Lipinski definition) is 3. The Balaban J connectivity index is 2.14. The molecule has 1 aromatic rings. The van der Waals surface area contributed by atoms with Crippen molar-refractivity contribution in [2.45, 2.75) is 24.5 Å². The van der Waals surface area contributed by atoms with Gasteiger partial charge in [0.25, 0.3) is 0 Å². The highest BCUT2D eigenvalue weighted by Crippen LogP contribution is 2.27. The van der Waals surface area contributed by atoms with E-state index < -0.39 is 5.82 Å². The van der Waals surface area contributed by atoms with Gasteiger partial charge in [0, 0.05) is 6.42 Å². The maximum Gasteiger partial charge on any atom is 0.237 e. The molecule has 1 atom stereocenters. The van der Waals surface area contributed by atoms with Crippen molar-refractivity contribution in [3.05, 3.63) is 29.6 Å². The highest BCUT2D eigenvalue weighted by atomic mass is 32.2. The van der Waals surface area contributed by atoms with Gasteiger partial charge in [-0.1, -0.05) is 11.8 Å². The summed E-state index contributed by atoms with van der Waals surface area (Å²) in [7, 11) is 0. The molecule has 1 amide bonds. The maximum atomic E-state index is 13.3. The van der Waals surface area contributed by atoms with Crippen LogP contribution in [0.15, 0.2) is 18.2 Å². The Kier molecular flexibility index (Phi) is 5.45. The highest BCUT2D eigenvalue weighted by Gasteiger charge is 2.23. The standard InChI is InChI=1S/C15H16FNO2S/c16-12-6-7-13(11(10-12)4-1-2-8-18)17-15(19)14-5-3-9-20-14/h6-7,10,14,18H,2-3,5,8-9H2,(H,17,19). The Hall–Kier alpha value is -1.51. The number of aliphatic hydroxyl groups is 1. The molecule has 5 heteroatoms. The fraction of sp³-hybridized carbons (Fsp3) is 0.400. The van der Waals surface area contributed by atoms with E-state index in [1.54, 1.807) is 11.8 Å². The van der Waals surface area contributed by atoms with Gasteiger partial charge >= 0.3 is 0 Å². The minimum Gasteiger partial charge on any atom is -0.395 e. The van der Waals surface area contributed by atoms with Crippen LogP contribution in [0.3, 0.4) is 0 Å². The van der Waals surface area contributed by atoms with Crippen LogP contribution in [0, 0.1) is 17.7 Å². The second kappa shape index (κ2) is 7.32. The average molecular weight is 293 g/mol. The van der Waals surface area contributed by atoms with Crippen LogP contribution in [-0.2, 0) is 4.79 Å². The number of amides is 1. The molecule has 0 bridgehead atoms. The lowest BCUT2D eigenvalue weighted by atomic mass is 10.1. The third-order valence-corrected chi connectivity index (χ3v) is 4.30. The zero-order chi connectivity index (χ0) is 14.4. The lowest BCUT2D eigenvalue weighted by molar-refractivity contribution is -0.115. The van der Waals surface area contributed by atoms with Crippen LogP contribution in [-0.4, -0.2) is 28.6 Å². The third kappa shape index (κ3) is 3.99. The van der Waals surface area contributed by atoms with Crippen LogP contribution >= 0.6 is 11.8 Å². The molecule has 2 N–H and O–H groups in total. The fourth-order valence-corrected chi connectivity index (χ4v) is 3.10. The van der Waals surface area contributed by atoms with E-state index in [1.807, 2.05) is 0 Å². The zero-order valence-electron chi connectivity index (χ0n) is 11.0. The van der Waals surface area contributed by atoms with Gasteiger partial charge in [0.05, 0.1) is 23.1 Å². The van der Waals surface area contributed by atoms with E-state index in [0.717, 1.165) is 18.6 Å². The first-order valence-electron chi connectivity index (χ1n) is 6.52. The second-order valence-electron chi connectivity index (χ2n) is 4.46. The van der Waals surface area contributed by atoms with Crippen molar-refractivity contribution in [2.24, 2.45) is 0 Å². The van der Waals surface area contributed by atoms with Gasteiger partial charge in [-0.3, -0.25) is 4.79 Å². The quantitative estimate of drug-likeness (QED) is 0.841. The van der Waals surface area contributed by atoms with Crippen molar-refractivity contribution in [1.82, 2.24) is 0 Å². The molecule has 0 aromatic heterocycles. The molecule has 0 spiro atoms. The molecule has 1 fully saturated rings. The third-order valence-electron chi connectivity index (χ3n) is 2.92. The molecule has 0 aliphatic carbocycles. The number of nitrogens with one attached hydrogen (secondary N) is 1. The topological polar surface area (TPSA) is 49.3 Å². The SMILES string of the molecule is O=C(Nc1ccc(F)cc1C#CCCO)C1CCCS1. The van der Waals surface area contributed by atoms with Crippen LogP contribution in [0.25, 0.3) is 0 Å². The summed E-state index contributed by atoms with van der Waals surface area (Å²) < 4.78 is 13.3. The van der Waals surface area contributed by atoms with Crippen molar-refractivity contribution < 1.29 is 14.3 Å². The smallest absolute Gasteiger partial charge is 0.237 e. The fourth-order valence-electron chi connectivity index (χ4n) is 1.94. The van der Waals surface area contributed by atoms with Gasteiger partial charge in [-0.25, -0.2) is 4.39 Å². The van der Waals surface area contributed by atoms with Crippen LogP contribution in [0.5, 0.6) is 0 Å². The molecule has 1 saturated heterocycles. The molecular weight excluding hydrogens is 277 g/mol. The predicted molar refractivity (Wildman–Crippen MR) is 79.1 cm³/mol. The maximum absolute atomic E-state index is 13.3. The average Bonchev–Trinajstić information content (AvgIpc) is 2.96. The van der Waals surface area contributed by atoms with Gasteiger partial charge in [0.1, 0.15) is 5.82 Å². The summed E-state index contributed by atoms with van der Waals surface area (Å²) >= 11 is 1.65. The number of thioether (sulfide) groups is 1. The van der Waals surface area contributed by atoms with E-state index in [4.69, 9.17) is 5.11 Å². The van der Waals surface area contributed by atoms with E-state index in [0.29, 0.717) is 17.7 Å². The van der Waals surface area contributed by atoms with Gasteiger partial charge in [-0.15, -0.1) is 11.8 Å². The number of rotatable bonds is 3. The zero-order valence-corrected chi connectivity index (χ0v) is 11.8. The van der Waals surface area contributed by atoms with Crippen molar-refractivity contribution in [2.75, 3.05) is 17.7 Å². The van der Waals surface area contributed by atoms with Crippen molar-refractivity contribution in [3.63, 3.8) is 0 Å². The second-order valence-corrected chi connectivity index (χ2v) is 5.77. The molecule has 2 rings (SSSR count). The summed E-state index contributed by atoms with van der Waals surface area (Å²) in [5.74, 6) is 6.07. The molecule has 3 nitrogen and oxygen atoms in total. The predicted octanol–water partition coefficient (Wildman–Crippen LogP) is 2.39. The van der Waals surface area contributed by atoms with Gasteiger partial charge in [-0.05, 0) is 36.8 Å². The van der Waals surface area contributed by atoms with E-state index in [-0.39, 0.29) is 17.8 Å². The number of aliphatic hydroxyl groups excluding tert-OH is 1. The Morgan fingerprint density at radius 1 is 1.55 bits per heavy atom. The molecule has 1 unspecified atom stereocenters. The number of carbonyl (C=O) groups excluding carboxylic acids is 1. The molecule has 106 valence electrons. The molecule has 1 aromatic carbocycles. The number of halogens is 1. The highest BCUT2D eigenvalue weighted by molar-refractivity contribution is 8.00. The molecule has 20 heavy (non-hydrogen) atoms. The van der Waals surface area contributed by atoms with Gasteiger partial charge < -0.3 is 10.4 Å². The lowest BCUT2D eigenvalue weighted by Gasteiger charge is -2.11. The van der Waals surface area contributed by atoms with Gasteiger partial charge in [-0.2, -0.15) is 0 Å². The Morgan fingerprint density at radius 3 is 3.10 bits per heavy atom. The summed E-state index contributed by atoms with van der Waals surface area (Å²) in [6.07, 6.45) is 2.25. The number of anilines is 1. The number of hydrogen-bond donors (Lipinski definition) is 2. The number of carbonyl (C=O) groups is 1. The normalized spacial score (nSPS) is 17.4. The Bertz CT molecular complexity index is 545. The van der Waals surface area contributed by atoms with E-state index in [1.165, 1.54) is 18.2 Å². The van der Waals surface area contributed by atoms with Crippen LogP contribution in [0.1, 0.15) is 24.8 Å².